The maximum atomic E-state index is 12.3. The smallest absolute Gasteiger partial charge is 0.387 e. The van der Waals surface area contributed by atoms with E-state index in [1.54, 1.807) is 0 Å². The fourth-order valence-electron chi connectivity index (χ4n) is 1.82. The standard InChI is InChI=1S/C15H12ClF2NO6S/c16-12-7-11(5-6-13(12)24-8-14(20)21)26(22,23)19-9-1-3-10(4-2-9)25-15(17)18/h1-7,15,19H,8H2,(H,20,21). The van der Waals surface area contributed by atoms with E-state index in [1.165, 1.54) is 36.4 Å². The predicted molar refractivity (Wildman–Crippen MR) is 88.5 cm³/mol. The molecule has 0 atom stereocenters. The molecule has 0 amide bonds. The second-order valence-electron chi connectivity index (χ2n) is 4.78. The van der Waals surface area contributed by atoms with Gasteiger partial charge in [0, 0.05) is 5.69 Å². The van der Waals surface area contributed by atoms with Crippen molar-refractivity contribution in [3.05, 3.63) is 47.5 Å². The topological polar surface area (TPSA) is 102 Å². The molecule has 0 spiro atoms. The Morgan fingerprint density at radius 3 is 2.38 bits per heavy atom. The van der Waals surface area contributed by atoms with Gasteiger partial charge in [-0.1, -0.05) is 11.6 Å². The molecule has 0 aliphatic heterocycles. The Labute approximate surface area is 152 Å². The number of hydrogen-bond donors (Lipinski definition) is 2. The molecule has 2 N–H and O–H groups in total. The molecule has 0 unspecified atom stereocenters. The number of carbonyl (C=O) groups is 1. The summed E-state index contributed by atoms with van der Waals surface area (Å²) in [5.41, 5.74) is 0.119. The van der Waals surface area contributed by atoms with Gasteiger partial charge in [-0.25, -0.2) is 13.2 Å². The Morgan fingerprint density at radius 2 is 1.85 bits per heavy atom. The second-order valence-corrected chi connectivity index (χ2v) is 6.87. The van der Waals surface area contributed by atoms with E-state index in [1.807, 2.05) is 0 Å². The summed E-state index contributed by atoms with van der Waals surface area (Å²) >= 11 is 5.89. The summed E-state index contributed by atoms with van der Waals surface area (Å²) in [6.07, 6.45) is 0. The van der Waals surface area contributed by atoms with E-state index in [4.69, 9.17) is 21.4 Å². The summed E-state index contributed by atoms with van der Waals surface area (Å²) in [4.78, 5) is 10.3. The van der Waals surface area contributed by atoms with Gasteiger partial charge in [0.2, 0.25) is 0 Å². The van der Waals surface area contributed by atoms with E-state index in [0.29, 0.717) is 0 Å². The molecule has 26 heavy (non-hydrogen) atoms. The van der Waals surface area contributed by atoms with Crippen molar-refractivity contribution in [1.82, 2.24) is 0 Å². The lowest BCUT2D eigenvalue weighted by atomic mass is 10.3. The monoisotopic (exact) mass is 407 g/mol. The Balaban J connectivity index is 2.14. The van der Waals surface area contributed by atoms with Crippen molar-refractivity contribution in [2.24, 2.45) is 0 Å². The molecule has 0 radical (unpaired) electrons. The summed E-state index contributed by atoms with van der Waals surface area (Å²) in [5.74, 6) is -1.31. The fraction of sp³-hybridized carbons (Fsp3) is 0.133. The van der Waals surface area contributed by atoms with Crippen LogP contribution < -0.4 is 14.2 Å². The number of anilines is 1. The highest BCUT2D eigenvalue weighted by atomic mass is 35.5. The SMILES string of the molecule is O=C(O)COc1ccc(S(=O)(=O)Nc2ccc(OC(F)F)cc2)cc1Cl. The minimum Gasteiger partial charge on any atom is -0.480 e. The van der Waals surface area contributed by atoms with Crippen LogP contribution in [0.3, 0.4) is 0 Å². The molecule has 0 heterocycles. The highest BCUT2D eigenvalue weighted by Crippen LogP contribution is 2.28. The van der Waals surface area contributed by atoms with Crippen LogP contribution in [-0.4, -0.2) is 32.7 Å². The molecule has 0 aromatic heterocycles. The van der Waals surface area contributed by atoms with Crippen LogP contribution in [0, 0.1) is 0 Å². The lowest BCUT2D eigenvalue weighted by molar-refractivity contribution is -0.139. The van der Waals surface area contributed by atoms with Crippen LogP contribution in [0.15, 0.2) is 47.4 Å². The number of carboxylic acid groups (broad SMARTS) is 1. The van der Waals surface area contributed by atoms with Gasteiger partial charge in [0.15, 0.2) is 6.61 Å². The molecule has 2 aromatic rings. The number of halogens is 3. The highest BCUT2D eigenvalue weighted by Gasteiger charge is 2.17. The molecule has 2 aromatic carbocycles. The molecule has 0 saturated carbocycles. The van der Waals surface area contributed by atoms with Crippen LogP contribution in [0.1, 0.15) is 0 Å². The van der Waals surface area contributed by atoms with E-state index >= 15 is 0 Å². The largest absolute Gasteiger partial charge is 0.480 e. The van der Waals surface area contributed by atoms with Crippen LogP contribution in [-0.2, 0) is 14.8 Å². The zero-order chi connectivity index (χ0) is 19.3. The van der Waals surface area contributed by atoms with Crippen molar-refractivity contribution in [3.63, 3.8) is 0 Å². The second kappa shape index (κ2) is 8.19. The molecule has 0 aliphatic rings. The fourth-order valence-corrected chi connectivity index (χ4v) is 3.21. The predicted octanol–water partition coefficient (Wildman–Crippen LogP) is 3.21. The number of hydrogen-bond acceptors (Lipinski definition) is 5. The number of aliphatic carboxylic acids is 1. The van der Waals surface area contributed by atoms with Crippen molar-refractivity contribution in [1.29, 1.82) is 0 Å². The highest BCUT2D eigenvalue weighted by molar-refractivity contribution is 7.92. The summed E-state index contributed by atoms with van der Waals surface area (Å²) in [6, 6.07) is 8.36. The van der Waals surface area contributed by atoms with Crippen molar-refractivity contribution in [2.45, 2.75) is 11.5 Å². The zero-order valence-electron chi connectivity index (χ0n) is 12.9. The quantitative estimate of drug-likeness (QED) is 0.696. The van der Waals surface area contributed by atoms with Gasteiger partial charge in [0.05, 0.1) is 9.92 Å². The number of sulfonamides is 1. The van der Waals surface area contributed by atoms with Gasteiger partial charge < -0.3 is 14.6 Å². The van der Waals surface area contributed by atoms with E-state index in [9.17, 15) is 22.0 Å². The number of nitrogens with one attached hydrogen (secondary N) is 1. The number of carboxylic acids is 1. The third kappa shape index (κ3) is 5.46. The van der Waals surface area contributed by atoms with Gasteiger partial charge in [0.1, 0.15) is 11.5 Å². The van der Waals surface area contributed by atoms with Gasteiger partial charge in [-0.2, -0.15) is 8.78 Å². The number of ether oxygens (including phenoxy) is 2. The van der Waals surface area contributed by atoms with Crippen molar-refractivity contribution in [3.8, 4) is 11.5 Å². The van der Waals surface area contributed by atoms with Crippen LogP contribution in [0.2, 0.25) is 5.02 Å². The minimum atomic E-state index is -4.02. The first-order chi connectivity index (χ1) is 12.2. The first-order valence-electron chi connectivity index (χ1n) is 6.89. The van der Waals surface area contributed by atoms with Crippen LogP contribution in [0.4, 0.5) is 14.5 Å². The molecule has 2 rings (SSSR count). The average molecular weight is 408 g/mol. The lowest BCUT2D eigenvalue weighted by Crippen LogP contribution is -2.13. The van der Waals surface area contributed by atoms with E-state index in [2.05, 4.69) is 9.46 Å². The molecule has 0 fully saturated rings. The Kier molecular flexibility index (Phi) is 6.22. The normalized spacial score (nSPS) is 11.2. The van der Waals surface area contributed by atoms with Crippen LogP contribution in [0.5, 0.6) is 11.5 Å². The summed E-state index contributed by atoms with van der Waals surface area (Å²) in [7, 11) is -4.02. The Hall–Kier alpha value is -2.59. The van der Waals surface area contributed by atoms with Gasteiger partial charge in [0.25, 0.3) is 10.0 Å². The maximum Gasteiger partial charge on any atom is 0.387 e. The zero-order valence-corrected chi connectivity index (χ0v) is 14.4. The van der Waals surface area contributed by atoms with Gasteiger partial charge in [-0.3, -0.25) is 4.72 Å². The van der Waals surface area contributed by atoms with Crippen molar-refractivity contribution in [2.75, 3.05) is 11.3 Å². The number of alkyl halides is 2. The third-order valence-electron chi connectivity index (χ3n) is 2.90. The van der Waals surface area contributed by atoms with Crippen LogP contribution in [0.25, 0.3) is 0 Å². The number of rotatable bonds is 8. The number of benzene rings is 2. The van der Waals surface area contributed by atoms with Gasteiger partial charge >= 0.3 is 12.6 Å². The molecule has 0 saturated heterocycles. The van der Waals surface area contributed by atoms with Crippen molar-refractivity contribution >= 4 is 33.3 Å². The first-order valence-corrected chi connectivity index (χ1v) is 8.75. The Morgan fingerprint density at radius 1 is 1.19 bits per heavy atom. The summed E-state index contributed by atoms with van der Waals surface area (Å²) < 4.78 is 60.2. The van der Waals surface area contributed by atoms with E-state index < -0.39 is 29.2 Å². The Bertz CT molecular complexity index is 890. The molecule has 140 valence electrons. The third-order valence-corrected chi connectivity index (χ3v) is 4.57. The molecule has 11 heteroatoms. The van der Waals surface area contributed by atoms with E-state index in [-0.39, 0.29) is 27.1 Å². The lowest BCUT2D eigenvalue weighted by Gasteiger charge is -2.11. The average Bonchev–Trinajstić information content (AvgIpc) is 2.54. The van der Waals surface area contributed by atoms with Crippen molar-refractivity contribution < 1.29 is 36.6 Å². The van der Waals surface area contributed by atoms with E-state index in [0.717, 1.165) is 6.07 Å². The molecule has 7 nitrogen and oxygen atoms in total. The first kappa shape index (κ1) is 19.7. The maximum absolute atomic E-state index is 12.3. The van der Waals surface area contributed by atoms with Gasteiger partial charge in [-0.05, 0) is 42.5 Å². The minimum absolute atomic E-state index is 0.0153. The van der Waals surface area contributed by atoms with Gasteiger partial charge in [-0.15, -0.1) is 0 Å². The molecule has 0 aliphatic carbocycles. The molecular formula is C15H12ClF2NO6S. The molecule has 0 bridgehead atoms. The summed E-state index contributed by atoms with van der Waals surface area (Å²) in [5, 5.41) is 8.47. The molecular weight excluding hydrogens is 396 g/mol. The van der Waals surface area contributed by atoms with Crippen LogP contribution >= 0.6 is 11.6 Å². The summed E-state index contributed by atoms with van der Waals surface area (Å²) in [6.45, 7) is -3.61.